The molecule has 0 aromatic rings. The number of likely N-dealkylation sites (tertiary alicyclic amines) is 1. The van der Waals surface area contributed by atoms with Crippen molar-refractivity contribution in [2.45, 2.75) is 45.3 Å². The monoisotopic (exact) mass is 316 g/mol. The number of thiocarbonyl (C=S) groups is 1. The van der Waals surface area contributed by atoms with E-state index in [1.54, 1.807) is 20.8 Å². The first-order valence-electron chi connectivity index (χ1n) is 6.61. The molecule has 1 aliphatic rings. The topological polar surface area (TPSA) is 95.9 Å². The minimum atomic E-state index is -1.07. The molecule has 0 aromatic heterocycles. The third-order valence-corrected chi connectivity index (χ3v) is 3.05. The lowest BCUT2D eigenvalue weighted by molar-refractivity contribution is -0.148. The molecule has 1 saturated heterocycles. The van der Waals surface area contributed by atoms with E-state index >= 15 is 0 Å². The zero-order valence-corrected chi connectivity index (χ0v) is 13.2. The number of nitrogens with one attached hydrogen (secondary N) is 1. The molecule has 2 N–H and O–H groups in total. The van der Waals surface area contributed by atoms with Gasteiger partial charge >= 0.3 is 12.1 Å². The minimum absolute atomic E-state index is 0.00559. The van der Waals surface area contributed by atoms with Gasteiger partial charge in [0.05, 0.1) is 6.54 Å². The quantitative estimate of drug-likeness (QED) is 0.750. The van der Waals surface area contributed by atoms with Gasteiger partial charge in [0.25, 0.3) is 0 Å². The molecule has 8 heteroatoms. The summed E-state index contributed by atoms with van der Waals surface area (Å²) in [5, 5.41) is 11.5. The van der Waals surface area contributed by atoms with Crippen LogP contribution in [-0.4, -0.2) is 57.6 Å². The first-order valence-corrected chi connectivity index (χ1v) is 7.02. The van der Waals surface area contributed by atoms with Crippen LogP contribution in [-0.2, 0) is 14.3 Å². The average Bonchev–Trinajstić information content (AvgIpc) is 2.69. The highest BCUT2D eigenvalue weighted by Crippen LogP contribution is 2.17. The van der Waals surface area contributed by atoms with E-state index in [-0.39, 0.29) is 31.8 Å². The highest BCUT2D eigenvalue weighted by molar-refractivity contribution is 7.80. The van der Waals surface area contributed by atoms with Gasteiger partial charge < -0.3 is 20.1 Å². The number of carboxylic acid groups (broad SMARTS) is 1. The molecule has 118 valence electrons. The van der Waals surface area contributed by atoms with Crippen LogP contribution in [0.15, 0.2) is 0 Å². The van der Waals surface area contributed by atoms with Crippen LogP contribution in [0, 0.1) is 0 Å². The van der Waals surface area contributed by atoms with Gasteiger partial charge in [-0.15, -0.1) is 0 Å². The maximum Gasteiger partial charge on any atom is 0.407 e. The lowest BCUT2D eigenvalue weighted by Gasteiger charge is -2.22. The zero-order valence-electron chi connectivity index (χ0n) is 12.3. The molecule has 1 fully saturated rings. The molecule has 1 aliphatic heterocycles. The normalized spacial score (nSPS) is 18.5. The third-order valence-electron chi connectivity index (χ3n) is 2.76. The van der Waals surface area contributed by atoms with Gasteiger partial charge in [0.2, 0.25) is 5.91 Å². The number of amides is 2. The van der Waals surface area contributed by atoms with Gasteiger partial charge in [0.15, 0.2) is 0 Å². The van der Waals surface area contributed by atoms with Gasteiger partial charge in [-0.25, -0.2) is 9.59 Å². The Balaban J connectivity index is 2.42. The number of carbonyl (C=O) groups is 3. The molecule has 0 bridgehead atoms. The summed E-state index contributed by atoms with van der Waals surface area (Å²) < 4.78 is 5.03. The molecule has 1 atom stereocenters. The second kappa shape index (κ2) is 6.84. The predicted octanol–water partition coefficient (Wildman–Crippen LogP) is 0.957. The molecule has 1 heterocycles. The van der Waals surface area contributed by atoms with Gasteiger partial charge in [0, 0.05) is 24.3 Å². The molecule has 21 heavy (non-hydrogen) atoms. The molecule has 0 radical (unpaired) electrons. The molecular formula is C13H20N2O5S. The Labute approximate surface area is 128 Å². The number of rotatable bonds is 4. The van der Waals surface area contributed by atoms with Crippen molar-refractivity contribution in [3.05, 3.63) is 0 Å². The van der Waals surface area contributed by atoms with Crippen molar-refractivity contribution >= 4 is 35.1 Å². The van der Waals surface area contributed by atoms with Crippen LogP contribution in [0.2, 0.25) is 0 Å². The predicted molar refractivity (Wildman–Crippen MR) is 79.2 cm³/mol. The number of hydrogen-bond donors (Lipinski definition) is 2. The van der Waals surface area contributed by atoms with E-state index in [2.05, 4.69) is 5.32 Å². The summed E-state index contributed by atoms with van der Waals surface area (Å²) in [6.45, 7) is 5.47. The van der Waals surface area contributed by atoms with Crippen molar-refractivity contribution in [2.24, 2.45) is 0 Å². The average molecular weight is 316 g/mol. The Bertz CT molecular complexity index is 458. The summed E-state index contributed by atoms with van der Waals surface area (Å²) in [4.78, 5) is 36.2. The van der Waals surface area contributed by atoms with Crippen LogP contribution in [0.25, 0.3) is 0 Å². The molecule has 0 unspecified atom stereocenters. The number of alkyl carbamates (subject to hydrolysis) is 1. The van der Waals surface area contributed by atoms with Crippen LogP contribution in [0.4, 0.5) is 4.79 Å². The number of aliphatic carboxylic acids is 1. The van der Waals surface area contributed by atoms with E-state index < -0.39 is 23.7 Å². The summed E-state index contributed by atoms with van der Waals surface area (Å²) in [5.74, 6) is -1.42. The van der Waals surface area contributed by atoms with Crippen molar-refractivity contribution in [1.29, 1.82) is 0 Å². The number of ether oxygens (including phenoxy) is 1. The van der Waals surface area contributed by atoms with Gasteiger partial charge in [-0.1, -0.05) is 12.2 Å². The van der Waals surface area contributed by atoms with Crippen LogP contribution < -0.4 is 5.32 Å². The van der Waals surface area contributed by atoms with Crippen LogP contribution in [0.3, 0.4) is 0 Å². The molecular weight excluding hydrogens is 296 g/mol. The van der Waals surface area contributed by atoms with Crippen LogP contribution in [0.5, 0.6) is 0 Å². The first kappa shape index (κ1) is 17.4. The second-order valence-corrected chi connectivity index (χ2v) is 6.37. The summed E-state index contributed by atoms with van der Waals surface area (Å²) in [6, 6.07) is -0.897. The van der Waals surface area contributed by atoms with Gasteiger partial charge in [-0.2, -0.15) is 0 Å². The molecule has 2 amide bonds. The summed E-state index contributed by atoms with van der Waals surface area (Å²) in [5.41, 5.74) is -0.608. The molecule has 0 saturated carbocycles. The number of nitrogens with zero attached hydrogens (tertiary/aromatic N) is 1. The van der Waals surface area contributed by atoms with Gasteiger partial charge in [-0.3, -0.25) is 4.79 Å². The first-order chi connectivity index (χ1) is 9.60. The Morgan fingerprint density at radius 1 is 1.43 bits per heavy atom. The fraction of sp³-hybridized carbons (Fsp3) is 0.692. The lowest BCUT2D eigenvalue weighted by Crippen LogP contribution is -2.42. The molecule has 0 spiro atoms. The summed E-state index contributed by atoms with van der Waals surface area (Å²) in [7, 11) is 0. The number of carboxylic acids is 1. The van der Waals surface area contributed by atoms with Crippen molar-refractivity contribution in [3.8, 4) is 0 Å². The van der Waals surface area contributed by atoms with Gasteiger partial charge in [-0.05, 0) is 20.8 Å². The standard InChI is InChI=1S/C13H20N2O5S/c1-13(2,3)20-12(19)14-5-4-10(16)15-7-8(21)6-9(15)11(17)18/h9H,4-7H2,1-3H3,(H,14,19)(H,17,18)/t9-/m0/s1. The van der Waals surface area contributed by atoms with E-state index in [1.165, 1.54) is 4.90 Å². The third kappa shape index (κ3) is 5.66. The van der Waals surface area contributed by atoms with E-state index in [0.29, 0.717) is 4.86 Å². The fourth-order valence-corrected chi connectivity index (χ4v) is 2.20. The van der Waals surface area contributed by atoms with E-state index in [1.807, 2.05) is 0 Å². The maximum atomic E-state index is 12.0. The Morgan fingerprint density at radius 3 is 2.57 bits per heavy atom. The van der Waals surface area contributed by atoms with Crippen molar-refractivity contribution < 1.29 is 24.2 Å². The molecule has 1 rings (SSSR count). The molecule has 0 aromatic carbocycles. The van der Waals surface area contributed by atoms with Crippen LogP contribution >= 0.6 is 12.2 Å². The highest BCUT2D eigenvalue weighted by Gasteiger charge is 2.36. The minimum Gasteiger partial charge on any atom is -0.480 e. The van der Waals surface area contributed by atoms with E-state index in [0.717, 1.165) is 0 Å². The lowest BCUT2D eigenvalue weighted by atomic mass is 10.2. The largest absolute Gasteiger partial charge is 0.480 e. The fourth-order valence-electron chi connectivity index (χ4n) is 1.90. The maximum absolute atomic E-state index is 12.0. The number of carbonyl (C=O) groups excluding carboxylic acids is 2. The molecule has 7 nitrogen and oxygen atoms in total. The smallest absolute Gasteiger partial charge is 0.407 e. The Hall–Kier alpha value is -1.70. The van der Waals surface area contributed by atoms with Crippen LogP contribution in [0.1, 0.15) is 33.6 Å². The summed E-state index contributed by atoms with van der Waals surface area (Å²) >= 11 is 4.98. The van der Waals surface area contributed by atoms with Crippen molar-refractivity contribution in [1.82, 2.24) is 10.2 Å². The summed E-state index contributed by atoms with van der Waals surface area (Å²) in [6.07, 6.45) is -0.399. The van der Waals surface area contributed by atoms with Crippen molar-refractivity contribution in [3.63, 3.8) is 0 Å². The second-order valence-electron chi connectivity index (χ2n) is 5.80. The number of hydrogen-bond acceptors (Lipinski definition) is 5. The zero-order chi connectivity index (χ0) is 16.2. The Morgan fingerprint density at radius 2 is 2.05 bits per heavy atom. The van der Waals surface area contributed by atoms with E-state index in [9.17, 15) is 14.4 Å². The van der Waals surface area contributed by atoms with Crippen molar-refractivity contribution in [2.75, 3.05) is 13.1 Å². The Kier molecular flexibility index (Phi) is 5.65. The highest BCUT2D eigenvalue weighted by atomic mass is 32.1. The SMILES string of the molecule is CC(C)(C)OC(=O)NCCC(=O)N1CC(=S)C[C@H]1C(=O)O. The molecule has 0 aliphatic carbocycles. The van der Waals surface area contributed by atoms with E-state index in [4.69, 9.17) is 22.1 Å². The van der Waals surface area contributed by atoms with Gasteiger partial charge in [0.1, 0.15) is 11.6 Å².